The molecule has 0 radical (unpaired) electrons. The van der Waals surface area contributed by atoms with Crippen LogP contribution in [0.3, 0.4) is 0 Å². The molecule has 1 aromatic carbocycles. The summed E-state index contributed by atoms with van der Waals surface area (Å²) >= 11 is 8.10. The highest BCUT2D eigenvalue weighted by Gasteiger charge is 2.15. The van der Waals surface area contributed by atoms with Crippen LogP contribution < -0.4 is 5.73 Å². The molecule has 1 atom stereocenters. The van der Waals surface area contributed by atoms with Gasteiger partial charge in [-0.15, -0.1) is 11.8 Å². The van der Waals surface area contributed by atoms with Gasteiger partial charge in [-0.1, -0.05) is 30.7 Å². The quantitative estimate of drug-likeness (QED) is 0.856. The van der Waals surface area contributed by atoms with Gasteiger partial charge in [0.2, 0.25) is 0 Å². The van der Waals surface area contributed by atoms with E-state index in [2.05, 4.69) is 36.3 Å². The lowest BCUT2D eigenvalue weighted by molar-refractivity contribution is 0.639. The van der Waals surface area contributed by atoms with Crippen molar-refractivity contribution in [3.8, 4) is 0 Å². The topological polar surface area (TPSA) is 43.8 Å². The van der Waals surface area contributed by atoms with Crippen molar-refractivity contribution < 1.29 is 0 Å². The predicted molar refractivity (Wildman–Crippen MR) is 86.4 cm³/mol. The maximum atomic E-state index is 6.29. The molecule has 0 saturated carbocycles. The fourth-order valence-electron chi connectivity index (χ4n) is 2.21. The third-order valence-corrected chi connectivity index (χ3v) is 4.68. The Morgan fingerprint density at radius 2 is 2.00 bits per heavy atom. The van der Waals surface area contributed by atoms with Gasteiger partial charge in [-0.05, 0) is 30.4 Å². The smallest absolute Gasteiger partial charge is 0.0847 e. The number of aromatic nitrogens is 2. The Bertz CT molecular complexity index is 578. The molecule has 0 bridgehead atoms. The van der Waals surface area contributed by atoms with Crippen molar-refractivity contribution in [3.63, 3.8) is 0 Å². The fourth-order valence-corrected chi connectivity index (χ4v) is 3.11. The molecule has 0 spiro atoms. The van der Waals surface area contributed by atoms with Crippen molar-refractivity contribution in [1.82, 2.24) is 9.78 Å². The number of rotatable bonds is 5. The van der Waals surface area contributed by atoms with Crippen LogP contribution in [-0.4, -0.2) is 15.5 Å². The van der Waals surface area contributed by atoms with E-state index in [0.29, 0.717) is 6.42 Å². The van der Waals surface area contributed by atoms with Crippen molar-refractivity contribution in [2.45, 2.75) is 31.2 Å². The van der Waals surface area contributed by atoms with E-state index >= 15 is 0 Å². The molecule has 0 aliphatic rings. The molecular formula is C15H20ClN3S. The normalized spacial score (nSPS) is 12.7. The molecule has 108 valence electrons. The number of aryl methyl sites for hydroxylation is 2. The number of thioether (sulfide) groups is 1. The molecule has 0 amide bonds. The first-order chi connectivity index (χ1) is 9.52. The SMILES string of the molecule is CCSc1ccc(C(N)Cc2c(Cl)c(C)nn2C)cc1. The van der Waals surface area contributed by atoms with E-state index in [1.54, 1.807) is 0 Å². The van der Waals surface area contributed by atoms with Gasteiger partial charge in [-0.3, -0.25) is 4.68 Å². The van der Waals surface area contributed by atoms with Crippen molar-refractivity contribution in [2.75, 3.05) is 5.75 Å². The highest BCUT2D eigenvalue weighted by Crippen LogP contribution is 2.26. The van der Waals surface area contributed by atoms with Gasteiger partial charge in [0.05, 0.1) is 16.4 Å². The summed E-state index contributed by atoms with van der Waals surface area (Å²) in [6, 6.07) is 8.38. The third kappa shape index (κ3) is 3.37. The van der Waals surface area contributed by atoms with Gasteiger partial charge >= 0.3 is 0 Å². The lowest BCUT2D eigenvalue weighted by Gasteiger charge is -2.13. The minimum Gasteiger partial charge on any atom is -0.324 e. The van der Waals surface area contributed by atoms with Gasteiger partial charge in [0, 0.05) is 24.4 Å². The van der Waals surface area contributed by atoms with E-state index in [1.165, 1.54) is 4.90 Å². The van der Waals surface area contributed by atoms with Gasteiger partial charge in [0.25, 0.3) is 0 Å². The maximum Gasteiger partial charge on any atom is 0.0847 e. The Morgan fingerprint density at radius 3 is 2.50 bits per heavy atom. The highest BCUT2D eigenvalue weighted by atomic mass is 35.5. The van der Waals surface area contributed by atoms with Crippen LogP contribution in [0.25, 0.3) is 0 Å². The Labute approximate surface area is 129 Å². The zero-order valence-electron chi connectivity index (χ0n) is 12.1. The summed E-state index contributed by atoms with van der Waals surface area (Å²) < 4.78 is 1.82. The van der Waals surface area contributed by atoms with E-state index in [0.717, 1.165) is 27.7 Å². The largest absolute Gasteiger partial charge is 0.324 e. The minimum atomic E-state index is -0.0667. The zero-order chi connectivity index (χ0) is 14.7. The first kappa shape index (κ1) is 15.4. The lowest BCUT2D eigenvalue weighted by atomic mass is 10.0. The number of nitrogens with two attached hydrogens (primary N) is 1. The summed E-state index contributed by atoms with van der Waals surface area (Å²) in [4.78, 5) is 1.28. The van der Waals surface area contributed by atoms with Gasteiger partial charge in [0.1, 0.15) is 0 Å². The molecule has 0 aliphatic carbocycles. The molecule has 20 heavy (non-hydrogen) atoms. The van der Waals surface area contributed by atoms with E-state index in [4.69, 9.17) is 17.3 Å². The van der Waals surface area contributed by atoms with Gasteiger partial charge in [0.15, 0.2) is 0 Å². The maximum absolute atomic E-state index is 6.29. The Kier molecular flexibility index (Phi) is 5.13. The van der Waals surface area contributed by atoms with Crippen LogP contribution in [0, 0.1) is 6.92 Å². The van der Waals surface area contributed by atoms with Crippen molar-refractivity contribution >= 4 is 23.4 Å². The Morgan fingerprint density at radius 1 is 1.35 bits per heavy atom. The minimum absolute atomic E-state index is 0.0667. The molecule has 1 heterocycles. The summed E-state index contributed by atoms with van der Waals surface area (Å²) in [6.45, 7) is 4.06. The molecule has 0 aliphatic heterocycles. The monoisotopic (exact) mass is 309 g/mol. The van der Waals surface area contributed by atoms with Crippen LogP contribution in [0.5, 0.6) is 0 Å². The molecule has 5 heteroatoms. The third-order valence-electron chi connectivity index (χ3n) is 3.29. The summed E-state index contributed by atoms with van der Waals surface area (Å²) in [5.74, 6) is 1.08. The van der Waals surface area contributed by atoms with E-state index < -0.39 is 0 Å². The highest BCUT2D eigenvalue weighted by molar-refractivity contribution is 7.99. The summed E-state index contributed by atoms with van der Waals surface area (Å²) in [5, 5.41) is 5.04. The summed E-state index contributed by atoms with van der Waals surface area (Å²) in [6.07, 6.45) is 0.691. The predicted octanol–water partition coefficient (Wildman–Crippen LogP) is 3.74. The molecule has 0 saturated heterocycles. The molecule has 2 aromatic rings. The molecule has 1 aromatic heterocycles. The van der Waals surface area contributed by atoms with E-state index in [1.807, 2.05) is 30.4 Å². The first-order valence-electron chi connectivity index (χ1n) is 6.69. The first-order valence-corrected chi connectivity index (χ1v) is 8.05. The van der Waals surface area contributed by atoms with E-state index in [-0.39, 0.29) is 6.04 Å². The number of nitrogens with zero attached hydrogens (tertiary/aromatic N) is 2. The number of hydrogen-bond donors (Lipinski definition) is 1. The van der Waals surface area contributed by atoms with Crippen LogP contribution in [0.15, 0.2) is 29.2 Å². The van der Waals surface area contributed by atoms with Gasteiger partial charge in [-0.2, -0.15) is 5.10 Å². The Balaban J connectivity index is 2.13. The van der Waals surface area contributed by atoms with Crippen LogP contribution in [-0.2, 0) is 13.5 Å². The lowest BCUT2D eigenvalue weighted by Crippen LogP contribution is -2.15. The number of hydrogen-bond acceptors (Lipinski definition) is 3. The zero-order valence-corrected chi connectivity index (χ0v) is 13.6. The summed E-state index contributed by atoms with van der Waals surface area (Å²) in [7, 11) is 1.90. The summed E-state index contributed by atoms with van der Waals surface area (Å²) in [5.41, 5.74) is 9.26. The average molecular weight is 310 g/mol. The van der Waals surface area contributed by atoms with E-state index in [9.17, 15) is 0 Å². The average Bonchev–Trinajstić information content (AvgIpc) is 2.66. The molecule has 2 rings (SSSR count). The molecule has 2 N–H and O–H groups in total. The second kappa shape index (κ2) is 6.66. The van der Waals surface area contributed by atoms with Crippen LogP contribution >= 0.6 is 23.4 Å². The van der Waals surface area contributed by atoms with Crippen LogP contribution in [0.1, 0.15) is 29.9 Å². The molecule has 0 fully saturated rings. The number of benzene rings is 1. The number of halogens is 1. The second-order valence-electron chi connectivity index (χ2n) is 4.78. The van der Waals surface area contributed by atoms with Crippen molar-refractivity contribution in [1.29, 1.82) is 0 Å². The van der Waals surface area contributed by atoms with Crippen LogP contribution in [0.4, 0.5) is 0 Å². The molecule has 1 unspecified atom stereocenters. The second-order valence-corrected chi connectivity index (χ2v) is 6.50. The van der Waals surface area contributed by atoms with Crippen molar-refractivity contribution in [3.05, 3.63) is 46.2 Å². The van der Waals surface area contributed by atoms with Gasteiger partial charge in [-0.25, -0.2) is 0 Å². The molecular weight excluding hydrogens is 290 g/mol. The van der Waals surface area contributed by atoms with Gasteiger partial charge < -0.3 is 5.73 Å². The Hall–Kier alpha value is -0.970. The fraction of sp³-hybridized carbons (Fsp3) is 0.400. The molecule has 3 nitrogen and oxygen atoms in total. The van der Waals surface area contributed by atoms with Crippen LogP contribution in [0.2, 0.25) is 5.02 Å². The standard InChI is InChI=1S/C15H20ClN3S/c1-4-20-12-7-5-11(6-8-12)13(17)9-14-15(16)10(2)18-19(14)3/h5-8,13H,4,9,17H2,1-3H3. The van der Waals surface area contributed by atoms with Crippen molar-refractivity contribution in [2.24, 2.45) is 12.8 Å².